The van der Waals surface area contributed by atoms with Gasteiger partial charge in [0.1, 0.15) is 0 Å². The van der Waals surface area contributed by atoms with E-state index in [1.54, 1.807) is 11.3 Å². The molecule has 2 nitrogen and oxygen atoms in total. The Morgan fingerprint density at radius 3 is 2.75 bits per heavy atom. The van der Waals surface area contributed by atoms with Crippen molar-refractivity contribution in [3.63, 3.8) is 0 Å². The molecule has 4 rings (SSSR count). The van der Waals surface area contributed by atoms with Gasteiger partial charge in [0.2, 0.25) is 0 Å². The Bertz CT molecular complexity index is 477. The molecule has 1 aliphatic heterocycles. The van der Waals surface area contributed by atoms with Crippen LogP contribution in [0.15, 0.2) is 12.1 Å². The summed E-state index contributed by atoms with van der Waals surface area (Å²) in [5.74, 6) is 0.941. The number of nitrogens with one attached hydrogen (secondary N) is 1. The van der Waals surface area contributed by atoms with Crippen molar-refractivity contribution in [2.75, 3.05) is 13.1 Å². The van der Waals surface area contributed by atoms with Gasteiger partial charge in [-0.15, -0.1) is 11.3 Å². The van der Waals surface area contributed by atoms with Crippen LogP contribution >= 0.6 is 22.9 Å². The summed E-state index contributed by atoms with van der Waals surface area (Å²) < 4.78 is 0.925. The highest BCUT2D eigenvalue weighted by Crippen LogP contribution is 2.41. The van der Waals surface area contributed by atoms with E-state index < -0.39 is 0 Å². The van der Waals surface area contributed by atoms with Gasteiger partial charge in [0.15, 0.2) is 0 Å². The number of piperazine rings is 1. The third kappa shape index (κ3) is 2.66. The number of nitrogens with zero attached hydrogens (tertiary/aromatic N) is 1. The molecule has 0 bridgehead atoms. The average molecular weight is 311 g/mol. The normalized spacial score (nSPS) is 30.1. The highest BCUT2D eigenvalue weighted by atomic mass is 35.5. The van der Waals surface area contributed by atoms with E-state index >= 15 is 0 Å². The van der Waals surface area contributed by atoms with Crippen molar-refractivity contribution in [1.29, 1.82) is 0 Å². The Morgan fingerprint density at radius 1 is 1.30 bits per heavy atom. The fraction of sp³-hybridized carbons (Fsp3) is 0.750. The Hall–Kier alpha value is -0.0900. The molecule has 1 aromatic heterocycles. The van der Waals surface area contributed by atoms with Gasteiger partial charge in [-0.25, -0.2) is 0 Å². The summed E-state index contributed by atoms with van der Waals surface area (Å²) in [5.41, 5.74) is 0.423. The standard InChI is InChI=1S/C16H23ClN2S/c17-15-6-5-13(20-15)10-19-11-16(7-1-2-8-16)18-9-14(19)12-3-4-12/h5-6,12,14,18H,1-4,7-11H2. The quantitative estimate of drug-likeness (QED) is 0.911. The number of rotatable bonds is 3. The van der Waals surface area contributed by atoms with Gasteiger partial charge < -0.3 is 5.32 Å². The highest BCUT2D eigenvalue weighted by Gasteiger charge is 2.45. The van der Waals surface area contributed by atoms with Gasteiger partial charge >= 0.3 is 0 Å². The predicted octanol–water partition coefficient (Wildman–Crippen LogP) is 3.90. The van der Waals surface area contributed by atoms with Crippen LogP contribution in [-0.4, -0.2) is 29.6 Å². The molecule has 110 valence electrons. The Morgan fingerprint density at radius 2 is 2.10 bits per heavy atom. The fourth-order valence-corrected chi connectivity index (χ4v) is 5.27. The van der Waals surface area contributed by atoms with Crippen LogP contribution in [-0.2, 0) is 6.54 Å². The first-order chi connectivity index (χ1) is 9.74. The summed E-state index contributed by atoms with van der Waals surface area (Å²) in [6, 6.07) is 5.00. The van der Waals surface area contributed by atoms with Crippen LogP contribution in [0, 0.1) is 5.92 Å². The smallest absolute Gasteiger partial charge is 0.0931 e. The monoisotopic (exact) mass is 310 g/mol. The zero-order valence-electron chi connectivity index (χ0n) is 11.9. The van der Waals surface area contributed by atoms with Crippen LogP contribution in [0.25, 0.3) is 0 Å². The largest absolute Gasteiger partial charge is 0.308 e. The maximum Gasteiger partial charge on any atom is 0.0931 e. The lowest BCUT2D eigenvalue weighted by molar-refractivity contribution is 0.0636. The lowest BCUT2D eigenvalue weighted by Crippen LogP contribution is -2.63. The summed E-state index contributed by atoms with van der Waals surface area (Å²) in [7, 11) is 0. The van der Waals surface area contributed by atoms with E-state index in [0.29, 0.717) is 5.54 Å². The number of hydrogen-bond donors (Lipinski definition) is 1. The Kier molecular flexibility index (Phi) is 3.58. The van der Waals surface area contributed by atoms with Crippen LogP contribution in [0.1, 0.15) is 43.4 Å². The maximum absolute atomic E-state index is 6.10. The molecule has 2 aliphatic carbocycles. The van der Waals surface area contributed by atoms with Crippen LogP contribution in [0.4, 0.5) is 0 Å². The summed E-state index contributed by atoms with van der Waals surface area (Å²) in [4.78, 5) is 4.19. The molecule has 0 radical (unpaired) electrons. The Labute approximate surface area is 130 Å². The van der Waals surface area contributed by atoms with Crippen molar-refractivity contribution in [2.45, 2.75) is 56.7 Å². The molecule has 2 saturated carbocycles. The summed E-state index contributed by atoms with van der Waals surface area (Å²) >= 11 is 7.85. The zero-order valence-corrected chi connectivity index (χ0v) is 13.5. The van der Waals surface area contributed by atoms with E-state index in [9.17, 15) is 0 Å². The molecule has 4 heteroatoms. The predicted molar refractivity (Wildman–Crippen MR) is 85.5 cm³/mol. The van der Waals surface area contributed by atoms with Gasteiger partial charge in [-0.1, -0.05) is 24.4 Å². The van der Waals surface area contributed by atoms with Crippen molar-refractivity contribution in [2.24, 2.45) is 5.92 Å². The molecule has 3 aliphatic rings. The van der Waals surface area contributed by atoms with E-state index in [0.717, 1.165) is 22.8 Å². The van der Waals surface area contributed by atoms with Gasteiger partial charge in [-0.2, -0.15) is 0 Å². The first-order valence-corrected chi connectivity index (χ1v) is 9.17. The first kappa shape index (κ1) is 13.6. The van der Waals surface area contributed by atoms with Gasteiger partial charge in [0.05, 0.1) is 4.34 Å². The molecule has 1 spiro atoms. The molecular weight excluding hydrogens is 288 g/mol. The molecule has 1 saturated heterocycles. The van der Waals surface area contributed by atoms with E-state index in [1.807, 2.05) is 6.07 Å². The van der Waals surface area contributed by atoms with Crippen molar-refractivity contribution in [3.05, 3.63) is 21.3 Å². The lowest BCUT2D eigenvalue weighted by atomic mass is 9.91. The number of halogens is 1. The lowest BCUT2D eigenvalue weighted by Gasteiger charge is -2.46. The highest BCUT2D eigenvalue weighted by molar-refractivity contribution is 7.16. The first-order valence-electron chi connectivity index (χ1n) is 7.97. The third-order valence-electron chi connectivity index (χ3n) is 5.38. The van der Waals surface area contributed by atoms with Gasteiger partial charge in [0.25, 0.3) is 0 Å². The molecule has 1 aromatic rings. The molecule has 1 unspecified atom stereocenters. The molecule has 20 heavy (non-hydrogen) atoms. The number of thiophene rings is 1. The van der Waals surface area contributed by atoms with Crippen LogP contribution in [0.3, 0.4) is 0 Å². The van der Waals surface area contributed by atoms with Gasteiger partial charge in [-0.3, -0.25) is 4.90 Å². The minimum absolute atomic E-state index is 0.423. The van der Waals surface area contributed by atoms with E-state index in [-0.39, 0.29) is 0 Å². The summed E-state index contributed by atoms with van der Waals surface area (Å²) in [6.07, 6.45) is 8.40. The van der Waals surface area contributed by atoms with Crippen LogP contribution in [0.5, 0.6) is 0 Å². The van der Waals surface area contributed by atoms with Gasteiger partial charge in [-0.05, 0) is 43.7 Å². The Balaban J connectivity index is 1.51. The van der Waals surface area contributed by atoms with Crippen molar-refractivity contribution < 1.29 is 0 Å². The van der Waals surface area contributed by atoms with E-state index in [1.165, 1.54) is 56.5 Å². The summed E-state index contributed by atoms with van der Waals surface area (Å²) in [5, 5.41) is 3.92. The van der Waals surface area contributed by atoms with Crippen molar-refractivity contribution in [3.8, 4) is 0 Å². The molecule has 3 fully saturated rings. The van der Waals surface area contributed by atoms with Crippen molar-refractivity contribution in [1.82, 2.24) is 10.2 Å². The molecule has 0 amide bonds. The second kappa shape index (κ2) is 5.28. The fourth-order valence-electron chi connectivity index (χ4n) is 4.15. The minimum Gasteiger partial charge on any atom is -0.308 e. The molecular formula is C16H23ClN2S. The molecule has 2 heterocycles. The minimum atomic E-state index is 0.423. The van der Waals surface area contributed by atoms with E-state index in [2.05, 4.69) is 16.3 Å². The second-order valence-corrected chi connectivity index (χ2v) is 8.68. The van der Waals surface area contributed by atoms with Crippen molar-refractivity contribution >= 4 is 22.9 Å². The van der Waals surface area contributed by atoms with E-state index in [4.69, 9.17) is 11.6 Å². The second-order valence-electron chi connectivity index (χ2n) is 6.88. The average Bonchev–Trinajstić information content (AvgIpc) is 3.05. The van der Waals surface area contributed by atoms with Crippen LogP contribution in [0.2, 0.25) is 4.34 Å². The van der Waals surface area contributed by atoms with Gasteiger partial charge in [0, 0.05) is 36.1 Å². The molecule has 1 atom stereocenters. The molecule has 0 aromatic carbocycles. The number of hydrogen-bond acceptors (Lipinski definition) is 3. The third-order valence-corrected chi connectivity index (χ3v) is 6.59. The topological polar surface area (TPSA) is 15.3 Å². The van der Waals surface area contributed by atoms with Crippen LogP contribution < -0.4 is 5.32 Å². The SMILES string of the molecule is Clc1ccc(CN2CC3(CCCC3)NCC2C2CC2)s1. The zero-order chi connectivity index (χ0) is 13.6. The maximum atomic E-state index is 6.10. The molecule has 1 N–H and O–H groups in total. The summed E-state index contributed by atoms with van der Waals surface area (Å²) in [6.45, 7) is 3.54.